The summed E-state index contributed by atoms with van der Waals surface area (Å²) in [6.07, 6.45) is 4.52. The fraction of sp³-hybridized carbons (Fsp3) is 0.615. The topological polar surface area (TPSA) is 42.4 Å². The Morgan fingerprint density at radius 3 is 2.69 bits per heavy atom. The molecule has 0 spiro atoms. The summed E-state index contributed by atoms with van der Waals surface area (Å²) >= 11 is 0. The average Bonchev–Trinajstić information content (AvgIpc) is 2.54. The van der Waals surface area contributed by atoms with E-state index >= 15 is 0 Å². The summed E-state index contributed by atoms with van der Waals surface area (Å²) in [5, 5.41) is 10.9. The number of ether oxygens (including phenoxy) is 1. The van der Waals surface area contributed by atoms with Crippen molar-refractivity contribution in [3.63, 3.8) is 0 Å². The molecule has 1 unspecified atom stereocenters. The highest BCUT2D eigenvalue weighted by molar-refractivity contribution is 5.34. The number of rotatable bonds is 2. The molecule has 0 saturated heterocycles. The van der Waals surface area contributed by atoms with E-state index in [1.807, 2.05) is 12.1 Å². The molecule has 1 aromatic rings. The summed E-state index contributed by atoms with van der Waals surface area (Å²) < 4.78 is 5.29. The number of hydrogen-bond donors (Lipinski definition) is 1. The molecule has 0 bridgehead atoms. The summed E-state index contributed by atoms with van der Waals surface area (Å²) in [4.78, 5) is 4.32. The van der Waals surface area contributed by atoms with E-state index < -0.39 is 5.60 Å². The molecule has 3 heteroatoms. The van der Waals surface area contributed by atoms with Crippen LogP contribution in [0.2, 0.25) is 0 Å². The minimum Gasteiger partial charge on any atom is -0.495 e. The maximum Gasteiger partial charge on any atom is 0.143 e. The van der Waals surface area contributed by atoms with E-state index in [0.717, 1.165) is 19.3 Å². The van der Waals surface area contributed by atoms with Crippen LogP contribution in [0.3, 0.4) is 0 Å². The predicted octanol–water partition coefficient (Wildman–Crippen LogP) is 2.49. The van der Waals surface area contributed by atoms with E-state index in [-0.39, 0.29) is 5.41 Å². The zero-order valence-electron chi connectivity index (χ0n) is 10.2. The maximum absolute atomic E-state index is 10.9. The number of nitrogens with zero attached hydrogens (tertiary/aromatic N) is 1. The molecular formula is C13H19NO2. The lowest BCUT2D eigenvalue weighted by atomic mass is 9.75. The molecule has 2 rings (SSSR count). The second-order valence-electron chi connectivity index (χ2n) is 5.15. The molecule has 1 atom stereocenters. The van der Waals surface area contributed by atoms with Gasteiger partial charge >= 0.3 is 0 Å². The molecule has 1 saturated carbocycles. The van der Waals surface area contributed by atoms with Gasteiger partial charge in [0, 0.05) is 6.20 Å². The van der Waals surface area contributed by atoms with Gasteiger partial charge in [0.1, 0.15) is 17.0 Å². The van der Waals surface area contributed by atoms with Crippen molar-refractivity contribution >= 4 is 0 Å². The van der Waals surface area contributed by atoms with Crippen LogP contribution >= 0.6 is 0 Å². The van der Waals surface area contributed by atoms with Crippen LogP contribution in [-0.2, 0) is 5.60 Å². The molecule has 1 N–H and O–H groups in total. The summed E-state index contributed by atoms with van der Waals surface area (Å²) in [6.45, 7) is 4.18. The average molecular weight is 221 g/mol. The largest absolute Gasteiger partial charge is 0.495 e. The van der Waals surface area contributed by atoms with Crippen molar-refractivity contribution in [3.05, 3.63) is 24.0 Å². The van der Waals surface area contributed by atoms with Gasteiger partial charge in [-0.3, -0.25) is 4.98 Å². The molecule has 0 radical (unpaired) electrons. The Balaban J connectivity index is 2.50. The van der Waals surface area contributed by atoms with Gasteiger partial charge in [-0.25, -0.2) is 0 Å². The molecule has 1 fully saturated rings. The first kappa shape index (κ1) is 11.4. The molecule has 3 nitrogen and oxygen atoms in total. The minimum absolute atomic E-state index is 0.144. The van der Waals surface area contributed by atoms with Crippen molar-refractivity contribution in [2.45, 2.75) is 38.7 Å². The molecule has 88 valence electrons. The van der Waals surface area contributed by atoms with Gasteiger partial charge in [0.15, 0.2) is 0 Å². The molecule has 0 amide bonds. The summed E-state index contributed by atoms with van der Waals surface area (Å²) in [5.41, 5.74) is -0.325. The van der Waals surface area contributed by atoms with Gasteiger partial charge in [0.05, 0.1) is 7.11 Å². The molecule has 0 aromatic carbocycles. The second kappa shape index (κ2) is 3.74. The monoisotopic (exact) mass is 221 g/mol. The molecule has 1 aromatic heterocycles. The SMILES string of the molecule is COc1cccnc1C1(O)CCCC1(C)C. The third-order valence-corrected chi connectivity index (χ3v) is 3.84. The van der Waals surface area contributed by atoms with Gasteiger partial charge in [0.2, 0.25) is 0 Å². The van der Waals surface area contributed by atoms with Crippen LogP contribution in [0, 0.1) is 5.41 Å². The summed E-state index contributed by atoms with van der Waals surface area (Å²) in [6, 6.07) is 3.68. The van der Waals surface area contributed by atoms with Gasteiger partial charge < -0.3 is 9.84 Å². The van der Waals surface area contributed by atoms with Gasteiger partial charge in [-0.2, -0.15) is 0 Å². The van der Waals surface area contributed by atoms with Gasteiger partial charge in [-0.1, -0.05) is 13.8 Å². The lowest BCUT2D eigenvalue weighted by Gasteiger charge is -2.36. The van der Waals surface area contributed by atoms with Gasteiger partial charge in [0.25, 0.3) is 0 Å². The predicted molar refractivity (Wildman–Crippen MR) is 62.3 cm³/mol. The van der Waals surface area contributed by atoms with Gasteiger partial charge in [-0.15, -0.1) is 0 Å². The number of aromatic nitrogens is 1. The van der Waals surface area contributed by atoms with Crippen LogP contribution in [0.5, 0.6) is 5.75 Å². The fourth-order valence-corrected chi connectivity index (χ4v) is 2.64. The first-order chi connectivity index (χ1) is 7.51. The Kier molecular flexibility index (Phi) is 2.66. The van der Waals surface area contributed by atoms with E-state index in [0.29, 0.717) is 11.4 Å². The van der Waals surface area contributed by atoms with Crippen LogP contribution < -0.4 is 4.74 Å². The van der Waals surface area contributed by atoms with Crippen LogP contribution in [0.4, 0.5) is 0 Å². The molecule has 0 aliphatic heterocycles. The van der Waals surface area contributed by atoms with Crippen molar-refractivity contribution < 1.29 is 9.84 Å². The zero-order valence-corrected chi connectivity index (χ0v) is 10.2. The minimum atomic E-state index is -0.862. The lowest BCUT2D eigenvalue weighted by molar-refractivity contribution is -0.0538. The Morgan fingerprint density at radius 2 is 2.12 bits per heavy atom. The third kappa shape index (κ3) is 1.50. The van der Waals surface area contributed by atoms with Crippen LogP contribution in [0.1, 0.15) is 38.8 Å². The maximum atomic E-state index is 10.9. The van der Waals surface area contributed by atoms with E-state index in [1.165, 1.54) is 0 Å². The van der Waals surface area contributed by atoms with E-state index in [1.54, 1.807) is 13.3 Å². The number of hydrogen-bond acceptors (Lipinski definition) is 3. The highest BCUT2D eigenvalue weighted by atomic mass is 16.5. The number of pyridine rings is 1. The fourth-order valence-electron chi connectivity index (χ4n) is 2.64. The molecule has 16 heavy (non-hydrogen) atoms. The molecule has 1 heterocycles. The van der Waals surface area contributed by atoms with E-state index in [9.17, 15) is 5.11 Å². The quantitative estimate of drug-likeness (QED) is 0.834. The van der Waals surface area contributed by atoms with Gasteiger partial charge in [-0.05, 0) is 36.8 Å². The normalized spacial score (nSPS) is 28.0. The summed E-state index contributed by atoms with van der Waals surface area (Å²) in [7, 11) is 1.62. The standard InChI is InChI=1S/C13H19NO2/c1-12(2)7-5-8-13(12,15)11-10(16-3)6-4-9-14-11/h4,6,9,15H,5,7-8H2,1-3H3. The molecular weight excluding hydrogens is 202 g/mol. The second-order valence-corrected chi connectivity index (χ2v) is 5.15. The first-order valence-electron chi connectivity index (χ1n) is 5.73. The van der Waals surface area contributed by atoms with E-state index in [4.69, 9.17) is 4.74 Å². The van der Waals surface area contributed by atoms with Crippen molar-refractivity contribution in [1.82, 2.24) is 4.98 Å². The third-order valence-electron chi connectivity index (χ3n) is 3.84. The van der Waals surface area contributed by atoms with E-state index in [2.05, 4.69) is 18.8 Å². The van der Waals surface area contributed by atoms with Crippen molar-refractivity contribution in [1.29, 1.82) is 0 Å². The lowest BCUT2D eigenvalue weighted by Crippen LogP contribution is -2.38. The first-order valence-corrected chi connectivity index (χ1v) is 5.73. The zero-order chi connectivity index (χ0) is 11.8. The van der Waals surface area contributed by atoms with Crippen molar-refractivity contribution in [2.24, 2.45) is 5.41 Å². The van der Waals surface area contributed by atoms with Crippen LogP contribution in [0.15, 0.2) is 18.3 Å². The smallest absolute Gasteiger partial charge is 0.143 e. The number of aliphatic hydroxyl groups is 1. The van der Waals surface area contributed by atoms with Crippen molar-refractivity contribution in [3.8, 4) is 5.75 Å². The Bertz CT molecular complexity index is 389. The Labute approximate surface area is 96.5 Å². The highest BCUT2D eigenvalue weighted by Gasteiger charge is 2.51. The molecule has 1 aliphatic rings. The van der Waals surface area contributed by atoms with Crippen LogP contribution in [0.25, 0.3) is 0 Å². The Morgan fingerprint density at radius 1 is 1.38 bits per heavy atom. The van der Waals surface area contributed by atoms with Crippen LogP contribution in [-0.4, -0.2) is 17.2 Å². The molecule has 1 aliphatic carbocycles. The number of methoxy groups -OCH3 is 1. The van der Waals surface area contributed by atoms with Crippen molar-refractivity contribution in [2.75, 3.05) is 7.11 Å². The highest BCUT2D eigenvalue weighted by Crippen LogP contribution is 2.53. The Hall–Kier alpha value is -1.09. The summed E-state index contributed by atoms with van der Waals surface area (Å²) in [5.74, 6) is 0.681.